The molecule has 2 aromatic heterocycles. The second kappa shape index (κ2) is 5.89. The minimum absolute atomic E-state index is 0.0633. The van der Waals surface area contributed by atoms with Crippen LogP contribution in [0.5, 0.6) is 0 Å². The van der Waals surface area contributed by atoms with Crippen LogP contribution in [0, 0.1) is 0 Å². The Balaban J connectivity index is 1.79. The highest BCUT2D eigenvalue weighted by molar-refractivity contribution is 7.09. The second-order valence-corrected chi connectivity index (χ2v) is 7.51. The predicted molar refractivity (Wildman–Crippen MR) is 88.4 cm³/mol. The molecule has 3 rings (SSSR count). The molecule has 1 fully saturated rings. The highest BCUT2D eigenvalue weighted by Gasteiger charge is 2.34. The van der Waals surface area contributed by atoms with E-state index in [1.165, 1.54) is 4.88 Å². The first-order valence-corrected chi connectivity index (χ1v) is 8.47. The maximum atomic E-state index is 12.9. The van der Waals surface area contributed by atoms with Crippen LogP contribution in [0.2, 0.25) is 0 Å². The van der Waals surface area contributed by atoms with E-state index in [0.717, 1.165) is 12.2 Å². The van der Waals surface area contributed by atoms with E-state index >= 15 is 0 Å². The maximum Gasteiger partial charge on any atom is 0.270 e. The Morgan fingerprint density at radius 2 is 2.23 bits per heavy atom. The van der Waals surface area contributed by atoms with Crippen LogP contribution in [0.15, 0.2) is 35.8 Å². The highest BCUT2D eigenvalue weighted by Crippen LogP contribution is 2.23. The van der Waals surface area contributed by atoms with E-state index in [0.29, 0.717) is 13.1 Å². The Labute approximate surface area is 135 Å². The van der Waals surface area contributed by atoms with E-state index in [2.05, 4.69) is 11.4 Å². The number of thiophene rings is 1. The van der Waals surface area contributed by atoms with E-state index in [-0.39, 0.29) is 17.6 Å². The van der Waals surface area contributed by atoms with Crippen molar-refractivity contribution in [1.82, 2.24) is 9.47 Å². The summed E-state index contributed by atoms with van der Waals surface area (Å²) >= 11 is 1.71. The van der Waals surface area contributed by atoms with E-state index < -0.39 is 0 Å². The second-order valence-electron chi connectivity index (χ2n) is 6.47. The fourth-order valence-electron chi connectivity index (χ4n) is 3.09. The zero-order valence-electron chi connectivity index (χ0n) is 13.3. The van der Waals surface area contributed by atoms with Crippen molar-refractivity contribution in [2.45, 2.75) is 39.0 Å². The van der Waals surface area contributed by atoms with Crippen LogP contribution in [0.1, 0.15) is 36.1 Å². The standard InChI is InChI=1S/C17H22N2O2S/c1-13-10-19(12-17(2,3)21-13)16(20)15-7-4-8-18(15)11-14-6-5-9-22-14/h4-9,13H,10-12H2,1-3H3/t13-/m1/s1. The number of carbonyl (C=O) groups is 1. The molecule has 118 valence electrons. The number of ether oxygens (including phenoxy) is 1. The Bertz CT molecular complexity index is 645. The molecular formula is C17H22N2O2S. The largest absolute Gasteiger partial charge is 0.369 e. The average Bonchev–Trinajstić information content (AvgIpc) is 3.07. The van der Waals surface area contributed by atoms with Crippen LogP contribution in [0.3, 0.4) is 0 Å². The van der Waals surface area contributed by atoms with Crippen molar-refractivity contribution in [2.24, 2.45) is 0 Å². The first-order chi connectivity index (χ1) is 10.4. The molecule has 0 bridgehead atoms. The molecule has 1 amide bonds. The quantitative estimate of drug-likeness (QED) is 0.871. The molecule has 22 heavy (non-hydrogen) atoms. The van der Waals surface area contributed by atoms with Gasteiger partial charge in [0, 0.05) is 24.2 Å². The predicted octanol–water partition coefficient (Wildman–Crippen LogP) is 3.24. The van der Waals surface area contributed by atoms with Gasteiger partial charge in [-0.05, 0) is 44.4 Å². The molecule has 0 aromatic carbocycles. The third-order valence-electron chi connectivity index (χ3n) is 3.81. The van der Waals surface area contributed by atoms with Gasteiger partial charge < -0.3 is 14.2 Å². The molecule has 2 aromatic rings. The van der Waals surface area contributed by atoms with Gasteiger partial charge in [-0.15, -0.1) is 11.3 Å². The monoisotopic (exact) mass is 318 g/mol. The SMILES string of the molecule is C[C@@H]1CN(C(=O)c2cccn2Cc2cccs2)CC(C)(C)O1. The molecule has 1 saturated heterocycles. The number of hydrogen-bond acceptors (Lipinski definition) is 3. The number of morpholine rings is 1. The van der Waals surface area contributed by atoms with E-state index in [1.54, 1.807) is 11.3 Å². The summed E-state index contributed by atoms with van der Waals surface area (Å²) in [6.45, 7) is 8.11. The van der Waals surface area contributed by atoms with Crippen LogP contribution < -0.4 is 0 Å². The highest BCUT2D eigenvalue weighted by atomic mass is 32.1. The van der Waals surface area contributed by atoms with Crippen molar-refractivity contribution in [3.05, 3.63) is 46.4 Å². The zero-order chi connectivity index (χ0) is 15.7. The molecular weight excluding hydrogens is 296 g/mol. The number of aromatic nitrogens is 1. The number of amides is 1. The average molecular weight is 318 g/mol. The molecule has 1 atom stereocenters. The maximum absolute atomic E-state index is 12.9. The van der Waals surface area contributed by atoms with Crippen molar-refractivity contribution in [3.8, 4) is 0 Å². The summed E-state index contributed by atoms with van der Waals surface area (Å²) in [5.41, 5.74) is 0.455. The van der Waals surface area contributed by atoms with Crippen molar-refractivity contribution < 1.29 is 9.53 Å². The molecule has 0 spiro atoms. The van der Waals surface area contributed by atoms with Crippen molar-refractivity contribution >= 4 is 17.2 Å². The Hall–Kier alpha value is -1.59. The number of carbonyl (C=O) groups excluding carboxylic acids is 1. The van der Waals surface area contributed by atoms with Crippen LogP contribution in [0.25, 0.3) is 0 Å². The van der Waals surface area contributed by atoms with Gasteiger partial charge in [0.25, 0.3) is 5.91 Å². The van der Waals surface area contributed by atoms with Crippen molar-refractivity contribution in [1.29, 1.82) is 0 Å². The summed E-state index contributed by atoms with van der Waals surface area (Å²) in [7, 11) is 0. The van der Waals surface area contributed by atoms with Gasteiger partial charge in [0.2, 0.25) is 0 Å². The van der Waals surface area contributed by atoms with Gasteiger partial charge >= 0.3 is 0 Å². The minimum atomic E-state index is -0.293. The lowest BCUT2D eigenvalue weighted by Crippen LogP contribution is -2.54. The lowest BCUT2D eigenvalue weighted by Gasteiger charge is -2.41. The van der Waals surface area contributed by atoms with Crippen molar-refractivity contribution in [2.75, 3.05) is 13.1 Å². The van der Waals surface area contributed by atoms with Gasteiger partial charge in [0.1, 0.15) is 5.69 Å². The first kappa shape index (κ1) is 15.3. The van der Waals surface area contributed by atoms with Crippen LogP contribution in [0.4, 0.5) is 0 Å². The smallest absolute Gasteiger partial charge is 0.270 e. The van der Waals surface area contributed by atoms with Crippen LogP contribution in [-0.4, -0.2) is 40.2 Å². The molecule has 1 aliphatic rings. The van der Waals surface area contributed by atoms with Gasteiger partial charge in [-0.25, -0.2) is 0 Å². The molecule has 5 heteroatoms. The lowest BCUT2D eigenvalue weighted by atomic mass is 10.1. The van der Waals surface area contributed by atoms with Gasteiger partial charge in [-0.2, -0.15) is 0 Å². The molecule has 0 aliphatic carbocycles. The normalized spacial score (nSPS) is 21.0. The number of hydrogen-bond donors (Lipinski definition) is 0. The van der Waals surface area contributed by atoms with E-state index in [4.69, 9.17) is 4.74 Å². The molecule has 0 saturated carbocycles. The first-order valence-electron chi connectivity index (χ1n) is 7.59. The topological polar surface area (TPSA) is 34.5 Å². The molecule has 0 radical (unpaired) electrons. The van der Waals surface area contributed by atoms with Gasteiger partial charge in [0.05, 0.1) is 18.2 Å². The molecule has 0 unspecified atom stereocenters. The molecule has 0 N–H and O–H groups in total. The number of nitrogens with zero attached hydrogens (tertiary/aromatic N) is 2. The van der Waals surface area contributed by atoms with E-state index in [9.17, 15) is 4.79 Å². The zero-order valence-corrected chi connectivity index (χ0v) is 14.1. The summed E-state index contributed by atoms with van der Waals surface area (Å²) in [6, 6.07) is 7.98. The summed E-state index contributed by atoms with van der Waals surface area (Å²) < 4.78 is 7.92. The van der Waals surface area contributed by atoms with Gasteiger partial charge in [-0.1, -0.05) is 6.07 Å². The summed E-state index contributed by atoms with van der Waals surface area (Å²) in [5, 5.41) is 2.06. The summed E-state index contributed by atoms with van der Waals surface area (Å²) in [6.07, 6.45) is 2.04. The number of rotatable bonds is 3. The molecule has 3 heterocycles. The van der Waals surface area contributed by atoms with E-state index in [1.807, 2.05) is 54.6 Å². The third kappa shape index (κ3) is 3.25. The Morgan fingerprint density at radius 1 is 1.41 bits per heavy atom. The fraction of sp³-hybridized carbons (Fsp3) is 0.471. The Kier molecular flexibility index (Phi) is 4.10. The molecule has 4 nitrogen and oxygen atoms in total. The summed E-state index contributed by atoms with van der Waals surface area (Å²) in [4.78, 5) is 16.1. The van der Waals surface area contributed by atoms with Crippen molar-refractivity contribution in [3.63, 3.8) is 0 Å². The van der Waals surface area contributed by atoms with Crippen LogP contribution in [-0.2, 0) is 11.3 Å². The van der Waals surface area contributed by atoms with Crippen LogP contribution >= 0.6 is 11.3 Å². The Morgan fingerprint density at radius 3 is 2.91 bits per heavy atom. The third-order valence-corrected chi connectivity index (χ3v) is 4.67. The molecule has 1 aliphatic heterocycles. The lowest BCUT2D eigenvalue weighted by molar-refractivity contribution is -0.119. The van der Waals surface area contributed by atoms with Gasteiger partial charge in [-0.3, -0.25) is 4.79 Å². The van der Waals surface area contributed by atoms with Gasteiger partial charge in [0.15, 0.2) is 0 Å². The summed E-state index contributed by atoms with van der Waals surface area (Å²) in [5.74, 6) is 0.0878. The fourth-order valence-corrected chi connectivity index (χ4v) is 3.79. The minimum Gasteiger partial charge on any atom is -0.369 e.